The van der Waals surface area contributed by atoms with Gasteiger partial charge in [-0.3, -0.25) is 9.62 Å². The van der Waals surface area contributed by atoms with Gasteiger partial charge in [0.05, 0.1) is 5.69 Å². The first-order valence-corrected chi connectivity index (χ1v) is 12.0. The summed E-state index contributed by atoms with van der Waals surface area (Å²) in [6, 6.07) is 24.5. The predicted molar refractivity (Wildman–Crippen MR) is 131 cm³/mol. The van der Waals surface area contributed by atoms with Crippen LogP contribution in [-0.2, 0) is 10.0 Å². The van der Waals surface area contributed by atoms with E-state index in [1.807, 2.05) is 47.4 Å². The van der Waals surface area contributed by atoms with E-state index >= 15 is 0 Å². The van der Waals surface area contributed by atoms with Crippen LogP contribution in [0.15, 0.2) is 108 Å². The van der Waals surface area contributed by atoms with E-state index in [1.54, 1.807) is 36.5 Å². The largest absolute Gasteiger partial charge is 0.294 e. The van der Waals surface area contributed by atoms with Crippen molar-refractivity contribution in [2.45, 2.75) is 4.90 Å². The van der Waals surface area contributed by atoms with Crippen molar-refractivity contribution in [2.24, 2.45) is 0 Å². The van der Waals surface area contributed by atoms with Crippen LogP contribution in [0.4, 0.5) is 31.7 Å². The van der Waals surface area contributed by atoms with Gasteiger partial charge in [0.25, 0.3) is 10.0 Å². The van der Waals surface area contributed by atoms with E-state index < -0.39 is 26.6 Å². The summed E-state index contributed by atoms with van der Waals surface area (Å²) in [4.78, 5) is 9.71. The Labute approximate surface area is 200 Å². The van der Waals surface area contributed by atoms with Crippen molar-refractivity contribution in [3.63, 3.8) is 0 Å². The summed E-state index contributed by atoms with van der Waals surface area (Å²) in [5, 5.41) is 2.06. The Balaban J connectivity index is 1.53. The highest BCUT2D eigenvalue weighted by Crippen LogP contribution is 2.38. The zero-order valence-electron chi connectivity index (χ0n) is 18.1. The third-order valence-corrected chi connectivity index (χ3v) is 6.78. The van der Waals surface area contributed by atoms with E-state index in [0.717, 1.165) is 34.3 Å². The predicted octanol–water partition coefficient (Wildman–Crippen LogP) is 6.18. The van der Waals surface area contributed by atoms with Crippen molar-refractivity contribution in [1.29, 1.82) is 0 Å². The second-order valence-corrected chi connectivity index (χ2v) is 9.28. The summed E-state index contributed by atoms with van der Waals surface area (Å²) in [6.45, 7) is 0. The van der Waals surface area contributed by atoms with Crippen LogP contribution in [-0.4, -0.2) is 18.4 Å². The summed E-state index contributed by atoms with van der Waals surface area (Å²) < 4.78 is 54.9. The van der Waals surface area contributed by atoms with Crippen LogP contribution in [0.2, 0.25) is 0 Å². The first-order valence-electron chi connectivity index (χ1n) is 10.5. The number of benzene rings is 4. The lowest BCUT2D eigenvalue weighted by Gasteiger charge is -2.25. The van der Waals surface area contributed by atoms with Crippen molar-refractivity contribution in [1.82, 2.24) is 9.97 Å². The average Bonchev–Trinajstić information content (AvgIpc) is 2.86. The number of anilines is 4. The Morgan fingerprint density at radius 1 is 0.829 bits per heavy atom. The van der Waals surface area contributed by atoms with Gasteiger partial charge in [0.15, 0.2) is 0 Å². The number of sulfonamides is 1. The zero-order valence-corrected chi connectivity index (χ0v) is 19.0. The molecule has 0 fully saturated rings. The Bertz CT molecular complexity index is 1610. The summed E-state index contributed by atoms with van der Waals surface area (Å²) in [7, 11) is -4.25. The summed E-state index contributed by atoms with van der Waals surface area (Å²) in [6.07, 6.45) is 3.09. The second kappa shape index (κ2) is 9.11. The lowest BCUT2D eigenvalue weighted by molar-refractivity contribution is 0.551. The van der Waals surface area contributed by atoms with E-state index in [1.165, 1.54) is 6.33 Å². The van der Waals surface area contributed by atoms with Gasteiger partial charge >= 0.3 is 0 Å². The lowest BCUT2D eigenvalue weighted by atomic mass is 10.1. The van der Waals surface area contributed by atoms with E-state index in [4.69, 9.17) is 0 Å². The Morgan fingerprint density at radius 3 is 2.34 bits per heavy atom. The van der Waals surface area contributed by atoms with Gasteiger partial charge in [-0.15, -0.1) is 0 Å². The number of fused-ring (bicyclic) bond motifs is 1. The highest BCUT2D eigenvalue weighted by molar-refractivity contribution is 7.92. The number of halogens is 2. The molecule has 0 saturated heterocycles. The molecule has 0 radical (unpaired) electrons. The van der Waals surface area contributed by atoms with Crippen molar-refractivity contribution < 1.29 is 17.2 Å². The fourth-order valence-corrected chi connectivity index (χ4v) is 4.92. The van der Waals surface area contributed by atoms with Gasteiger partial charge in [0.2, 0.25) is 0 Å². The molecule has 35 heavy (non-hydrogen) atoms. The molecule has 5 aromatic rings. The van der Waals surface area contributed by atoms with Gasteiger partial charge in [0, 0.05) is 29.0 Å². The van der Waals surface area contributed by atoms with Crippen LogP contribution in [0.3, 0.4) is 0 Å². The van der Waals surface area contributed by atoms with E-state index in [2.05, 4.69) is 14.7 Å². The standard InChI is InChI=1S/C26H18F2N4O2S/c27-19-8-13-25(23(28)16-19)35(33,34)31-20-9-11-21(12-10-20)32(26-14-15-29-17-30-26)24-7-3-5-18-4-1-2-6-22(18)24/h1-17,31H. The monoisotopic (exact) mass is 488 g/mol. The van der Waals surface area contributed by atoms with Crippen molar-refractivity contribution >= 4 is 43.7 Å². The second-order valence-electron chi connectivity index (χ2n) is 7.63. The van der Waals surface area contributed by atoms with Crippen LogP contribution in [0.1, 0.15) is 0 Å². The fourth-order valence-electron chi connectivity index (χ4n) is 3.80. The summed E-state index contributed by atoms with van der Waals surface area (Å²) in [5.41, 5.74) is 1.82. The Kier molecular flexibility index (Phi) is 5.84. The summed E-state index contributed by atoms with van der Waals surface area (Å²) in [5.74, 6) is -1.40. The first kappa shape index (κ1) is 22.4. The molecule has 0 spiro atoms. The molecule has 0 unspecified atom stereocenters. The molecule has 0 aliphatic carbocycles. The molecule has 1 aromatic heterocycles. The highest BCUT2D eigenvalue weighted by Gasteiger charge is 2.21. The molecule has 9 heteroatoms. The minimum absolute atomic E-state index is 0.220. The fraction of sp³-hybridized carbons (Fsp3) is 0. The van der Waals surface area contributed by atoms with Crippen LogP contribution < -0.4 is 9.62 Å². The number of hydrogen-bond acceptors (Lipinski definition) is 5. The van der Waals surface area contributed by atoms with Gasteiger partial charge in [-0.25, -0.2) is 27.2 Å². The molecule has 0 aliphatic heterocycles. The number of rotatable bonds is 6. The molecule has 5 rings (SSSR count). The quantitative estimate of drug-likeness (QED) is 0.309. The highest BCUT2D eigenvalue weighted by atomic mass is 32.2. The number of hydrogen-bond donors (Lipinski definition) is 1. The molecule has 6 nitrogen and oxygen atoms in total. The Morgan fingerprint density at radius 2 is 1.60 bits per heavy atom. The van der Waals surface area contributed by atoms with Crippen LogP contribution in [0.25, 0.3) is 10.8 Å². The lowest BCUT2D eigenvalue weighted by Crippen LogP contribution is -2.15. The number of aromatic nitrogens is 2. The zero-order chi connectivity index (χ0) is 24.4. The maximum absolute atomic E-state index is 14.0. The van der Waals surface area contributed by atoms with Crippen LogP contribution >= 0.6 is 0 Å². The molecular formula is C26H18F2N4O2S. The van der Waals surface area contributed by atoms with Crippen LogP contribution in [0.5, 0.6) is 0 Å². The average molecular weight is 489 g/mol. The number of nitrogens with zero attached hydrogens (tertiary/aromatic N) is 3. The Hall–Kier alpha value is -4.37. The van der Waals surface area contributed by atoms with Gasteiger partial charge in [0.1, 0.15) is 28.7 Å². The van der Waals surface area contributed by atoms with Gasteiger partial charge in [-0.2, -0.15) is 0 Å². The molecule has 0 aliphatic rings. The molecular weight excluding hydrogens is 470 g/mol. The minimum atomic E-state index is -4.25. The van der Waals surface area contributed by atoms with E-state index in [-0.39, 0.29) is 5.69 Å². The molecule has 0 amide bonds. The minimum Gasteiger partial charge on any atom is -0.294 e. The van der Waals surface area contributed by atoms with Gasteiger partial charge < -0.3 is 0 Å². The van der Waals surface area contributed by atoms with Crippen LogP contribution in [0, 0.1) is 11.6 Å². The smallest absolute Gasteiger partial charge is 0.264 e. The first-order chi connectivity index (χ1) is 16.9. The third kappa shape index (κ3) is 4.53. The third-order valence-electron chi connectivity index (χ3n) is 5.36. The molecule has 0 atom stereocenters. The molecule has 4 aromatic carbocycles. The van der Waals surface area contributed by atoms with Gasteiger partial charge in [-0.1, -0.05) is 36.4 Å². The summed E-state index contributed by atoms with van der Waals surface area (Å²) >= 11 is 0. The maximum Gasteiger partial charge on any atom is 0.264 e. The molecule has 0 saturated carbocycles. The van der Waals surface area contributed by atoms with E-state index in [9.17, 15) is 17.2 Å². The molecule has 1 N–H and O–H groups in total. The normalized spacial score (nSPS) is 11.4. The molecule has 174 valence electrons. The van der Waals surface area contributed by atoms with Gasteiger partial charge in [-0.05, 0) is 53.9 Å². The topological polar surface area (TPSA) is 75.2 Å². The van der Waals surface area contributed by atoms with Crippen molar-refractivity contribution in [2.75, 3.05) is 9.62 Å². The maximum atomic E-state index is 14.0. The molecule has 1 heterocycles. The van der Waals surface area contributed by atoms with Crippen molar-refractivity contribution in [3.05, 3.63) is 115 Å². The van der Waals surface area contributed by atoms with E-state index in [0.29, 0.717) is 11.9 Å². The SMILES string of the molecule is O=S(=O)(Nc1ccc(N(c2ccncn2)c2cccc3ccccc23)cc1)c1ccc(F)cc1F. The molecule has 0 bridgehead atoms. The van der Waals surface area contributed by atoms with Crippen molar-refractivity contribution in [3.8, 4) is 0 Å². The number of nitrogens with one attached hydrogen (secondary N) is 1.